The zero-order valence-electron chi connectivity index (χ0n) is 9.87. The van der Waals surface area contributed by atoms with Crippen molar-refractivity contribution >= 4 is 11.9 Å². The van der Waals surface area contributed by atoms with Crippen molar-refractivity contribution in [1.82, 2.24) is 5.16 Å². The number of aromatic nitrogens is 1. The van der Waals surface area contributed by atoms with Crippen LogP contribution in [0.3, 0.4) is 0 Å². The molecule has 96 valence electrons. The molecule has 6 nitrogen and oxygen atoms in total. The number of hydrogen-bond donors (Lipinski definition) is 1. The molecule has 6 heteroatoms. The molecule has 0 bridgehead atoms. The number of benzene rings is 1. The summed E-state index contributed by atoms with van der Waals surface area (Å²) in [5.74, 6) is -0.725. The lowest BCUT2D eigenvalue weighted by Crippen LogP contribution is -2.00. The smallest absolute Gasteiger partial charge is 0.374 e. The van der Waals surface area contributed by atoms with Gasteiger partial charge >= 0.3 is 5.97 Å². The van der Waals surface area contributed by atoms with Crippen molar-refractivity contribution in [3.05, 3.63) is 41.7 Å². The lowest BCUT2D eigenvalue weighted by molar-refractivity contribution is 0.0652. The van der Waals surface area contributed by atoms with E-state index in [4.69, 9.17) is 14.4 Å². The van der Waals surface area contributed by atoms with Crippen LogP contribution in [0.25, 0.3) is 11.3 Å². The summed E-state index contributed by atoms with van der Waals surface area (Å²) in [6.07, 6.45) is 0. The average molecular weight is 258 g/mol. The van der Waals surface area contributed by atoms with Crippen LogP contribution in [-0.4, -0.2) is 35.3 Å². The summed E-state index contributed by atoms with van der Waals surface area (Å²) in [5.41, 5.74) is 2.07. The van der Waals surface area contributed by atoms with E-state index in [0.717, 1.165) is 11.1 Å². The molecule has 1 aliphatic heterocycles. The molecule has 0 atom stereocenters. The number of carbonyl (C=O) groups is 1. The van der Waals surface area contributed by atoms with E-state index in [1.54, 1.807) is 0 Å². The molecule has 1 aliphatic rings. The molecule has 0 spiro atoms. The van der Waals surface area contributed by atoms with Gasteiger partial charge in [-0.15, -0.1) is 0 Å². The largest absolute Gasteiger partial charge is 0.476 e. The molecule has 1 aromatic heterocycles. The van der Waals surface area contributed by atoms with Crippen molar-refractivity contribution in [1.29, 1.82) is 0 Å². The Morgan fingerprint density at radius 1 is 1.26 bits per heavy atom. The molecular formula is C13H10N2O4. The lowest BCUT2D eigenvalue weighted by Gasteiger charge is -2.02. The van der Waals surface area contributed by atoms with Crippen molar-refractivity contribution < 1.29 is 19.2 Å². The number of ether oxygens (including phenoxy) is 1. The van der Waals surface area contributed by atoms with Crippen LogP contribution in [0, 0.1) is 0 Å². The standard InChI is InChI=1S/C13H10N2O4/c16-13(17)11-7-10(15-19-11)8-2-1-3-9(6-8)12-14-4-5-18-12/h1-3,6-7H,4-5H2,(H,16,17). The molecule has 1 aromatic carbocycles. The topological polar surface area (TPSA) is 84.9 Å². The van der Waals surface area contributed by atoms with Crippen LogP contribution in [0.4, 0.5) is 0 Å². The normalized spacial score (nSPS) is 14.0. The number of aliphatic imine (C=N–C) groups is 1. The van der Waals surface area contributed by atoms with Crippen LogP contribution in [-0.2, 0) is 4.74 Å². The highest BCUT2D eigenvalue weighted by atomic mass is 16.5. The first-order valence-corrected chi connectivity index (χ1v) is 5.72. The second kappa shape index (κ2) is 4.56. The third-order valence-electron chi connectivity index (χ3n) is 2.71. The van der Waals surface area contributed by atoms with E-state index in [9.17, 15) is 4.79 Å². The van der Waals surface area contributed by atoms with Gasteiger partial charge < -0.3 is 14.4 Å². The third kappa shape index (κ3) is 2.20. The molecular weight excluding hydrogens is 248 g/mol. The van der Waals surface area contributed by atoms with Crippen LogP contribution >= 0.6 is 0 Å². The molecule has 0 aliphatic carbocycles. The van der Waals surface area contributed by atoms with E-state index in [1.807, 2.05) is 24.3 Å². The Morgan fingerprint density at radius 3 is 2.79 bits per heavy atom. The fraction of sp³-hybridized carbons (Fsp3) is 0.154. The third-order valence-corrected chi connectivity index (χ3v) is 2.71. The van der Waals surface area contributed by atoms with E-state index in [1.165, 1.54) is 6.07 Å². The van der Waals surface area contributed by atoms with E-state index in [-0.39, 0.29) is 5.76 Å². The van der Waals surface area contributed by atoms with Crippen molar-refractivity contribution in [2.24, 2.45) is 4.99 Å². The summed E-state index contributed by atoms with van der Waals surface area (Å²) in [6.45, 7) is 1.25. The predicted molar refractivity (Wildman–Crippen MR) is 66.3 cm³/mol. The number of aromatic carboxylic acids is 1. The van der Waals surface area contributed by atoms with E-state index < -0.39 is 5.97 Å². The van der Waals surface area contributed by atoms with Crippen LogP contribution < -0.4 is 0 Å². The van der Waals surface area contributed by atoms with Gasteiger partial charge in [-0.25, -0.2) is 9.79 Å². The minimum absolute atomic E-state index is 0.185. The summed E-state index contributed by atoms with van der Waals surface area (Å²) >= 11 is 0. The van der Waals surface area contributed by atoms with Gasteiger partial charge in [0.25, 0.3) is 0 Å². The first-order chi connectivity index (χ1) is 9.24. The van der Waals surface area contributed by atoms with Crippen LogP contribution in [0.2, 0.25) is 0 Å². The second-order valence-corrected chi connectivity index (χ2v) is 4.00. The average Bonchev–Trinajstić information content (AvgIpc) is 3.10. The van der Waals surface area contributed by atoms with Gasteiger partial charge in [0, 0.05) is 17.2 Å². The molecule has 2 heterocycles. The van der Waals surface area contributed by atoms with Gasteiger partial charge in [0.2, 0.25) is 11.7 Å². The SMILES string of the molecule is O=C(O)c1cc(-c2cccc(C3=NCCO3)c2)no1. The van der Waals surface area contributed by atoms with E-state index in [0.29, 0.717) is 24.7 Å². The quantitative estimate of drug-likeness (QED) is 0.907. The highest BCUT2D eigenvalue weighted by molar-refractivity contribution is 5.96. The van der Waals surface area contributed by atoms with Crippen LogP contribution in [0.5, 0.6) is 0 Å². The molecule has 3 rings (SSSR count). The second-order valence-electron chi connectivity index (χ2n) is 4.00. The minimum atomic E-state index is -1.14. The minimum Gasteiger partial charge on any atom is -0.476 e. The van der Waals surface area contributed by atoms with Gasteiger partial charge in [0.15, 0.2) is 0 Å². The molecule has 2 aromatic rings. The summed E-state index contributed by atoms with van der Waals surface area (Å²) in [5, 5.41) is 12.5. The van der Waals surface area contributed by atoms with Crippen molar-refractivity contribution in [2.45, 2.75) is 0 Å². The van der Waals surface area contributed by atoms with Gasteiger partial charge in [0.05, 0.1) is 6.54 Å². The Hall–Kier alpha value is -2.63. The monoisotopic (exact) mass is 258 g/mol. The Kier molecular flexibility index (Phi) is 2.75. The molecule has 1 N–H and O–H groups in total. The Labute approximate surface area is 108 Å². The van der Waals surface area contributed by atoms with Crippen molar-refractivity contribution in [3.8, 4) is 11.3 Å². The molecule has 0 unspecified atom stereocenters. The van der Waals surface area contributed by atoms with Crippen LogP contribution in [0.15, 0.2) is 39.8 Å². The number of carboxylic acids is 1. The Morgan fingerprint density at radius 2 is 2.11 bits per heavy atom. The van der Waals surface area contributed by atoms with E-state index in [2.05, 4.69) is 10.1 Å². The fourth-order valence-electron chi connectivity index (χ4n) is 1.83. The lowest BCUT2D eigenvalue weighted by atomic mass is 10.1. The predicted octanol–water partition coefficient (Wildman–Crippen LogP) is 1.82. The van der Waals surface area contributed by atoms with Gasteiger partial charge in [-0.3, -0.25) is 0 Å². The van der Waals surface area contributed by atoms with Gasteiger partial charge in [-0.2, -0.15) is 0 Å². The van der Waals surface area contributed by atoms with E-state index >= 15 is 0 Å². The Balaban J connectivity index is 1.96. The molecule has 0 fully saturated rings. The van der Waals surface area contributed by atoms with Gasteiger partial charge in [-0.1, -0.05) is 17.3 Å². The zero-order valence-corrected chi connectivity index (χ0v) is 9.87. The van der Waals surface area contributed by atoms with Gasteiger partial charge in [-0.05, 0) is 12.1 Å². The van der Waals surface area contributed by atoms with Gasteiger partial charge in [0.1, 0.15) is 12.3 Å². The number of rotatable bonds is 3. The summed E-state index contributed by atoms with van der Waals surface area (Å²) in [7, 11) is 0. The molecule has 19 heavy (non-hydrogen) atoms. The van der Waals surface area contributed by atoms with Crippen LogP contribution in [0.1, 0.15) is 16.1 Å². The molecule has 0 amide bonds. The summed E-state index contributed by atoms with van der Waals surface area (Å²) < 4.78 is 10.1. The summed E-state index contributed by atoms with van der Waals surface area (Å²) in [6, 6.07) is 8.77. The number of nitrogens with zero attached hydrogens (tertiary/aromatic N) is 2. The fourth-order valence-corrected chi connectivity index (χ4v) is 1.83. The zero-order chi connectivity index (χ0) is 13.2. The maximum absolute atomic E-state index is 10.7. The molecule has 0 saturated carbocycles. The Bertz CT molecular complexity index is 660. The molecule has 0 radical (unpaired) electrons. The molecule has 0 saturated heterocycles. The maximum Gasteiger partial charge on any atom is 0.374 e. The summed E-state index contributed by atoms with van der Waals surface area (Å²) in [4.78, 5) is 15.0. The highest BCUT2D eigenvalue weighted by Gasteiger charge is 2.15. The van der Waals surface area contributed by atoms with Crippen molar-refractivity contribution in [2.75, 3.05) is 13.2 Å². The number of carboxylic acid groups (broad SMARTS) is 1. The van der Waals surface area contributed by atoms with Crippen molar-refractivity contribution in [3.63, 3.8) is 0 Å². The first-order valence-electron chi connectivity index (χ1n) is 5.72. The maximum atomic E-state index is 10.7. The number of hydrogen-bond acceptors (Lipinski definition) is 5. The highest BCUT2D eigenvalue weighted by Crippen LogP contribution is 2.21. The first kappa shape index (κ1) is 11.5.